The lowest BCUT2D eigenvalue weighted by Gasteiger charge is -2.19. The van der Waals surface area contributed by atoms with Gasteiger partial charge in [0.25, 0.3) is 0 Å². The molecule has 3 unspecified atom stereocenters. The van der Waals surface area contributed by atoms with Crippen LogP contribution < -0.4 is 5.32 Å². The molecule has 6 atom stereocenters. The Hall–Kier alpha value is -1.27. The van der Waals surface area contributed by atoms with Crippen LogP contribution in [0.25, 0.3) is 11.2 Å². The first kappa shape index (κ1) is 32.2. The minimum absolute atomic E-state index is 0.257. The standard InChI is InChI=1S/C17H28N5O13P3S/c1-3-4-5-6-7-39-17-20-14(18-2)11-15(21-17)22(9-19-11)16-13(24)12(23)10(33-16)8-32-37(28,29)35-38(30,31)34-36(25,26)27/h3,9-10,12-13,16,23-24H,1,4-8H2,2H3,(H,28,29)(H,30,31)(H,18,20,21)(H2,25,26,27)/t10-,12-,13-,16?/m1/s1. The number of phosphoric acid groups is 3. The predicted molar refractivity (Wildman–Crippen MR) is 135 cm³/mol. The zero-order valence-electron chi connectivity index (χ0n) is 20.3. The van der Waals surface area contributed by atoms with Gasteiger partial charge in [-0.1, -0.05) is 17.8 Å². The molecule has 39 heavy (non-hydrogen) atoms. The second-order valence-electron chi connectivity index (χ2n) is 7.99. The minimum Gasteiger partial charge on any atom is -0.387 e. The van der Waals surface area contributed by atoms with Gasteiger partial charge in [-0.25, -0.2) is 28.6 Å². The van der Waals surface area contributed by atoms with E-state index in [0.717, 1.165) is 25.0 Å². The van der Waals surface area contributed by atoms with Crippen molar-refractivity contribution < 1.29 is 61.4 Å². The van der Waals surface area contributed by atoms with E-state index < -0.39 is 54.6 Å². The molecule has 1 fully saturated rings. The summed E-state index contributed by atoms with van der Waals surface area (Å²) >= 11 is 1.40. The number of nitrogens with one attached hydrogen (secondary N) is 1. The van der Waals surface area contributed by atoms with Gasteiger partial charge in [-0.15, -0.1) is 6.58 Å². The molecule has 0 bridgehead atoms. The zero-order chi connectivity index (χ0) is 29.0. The molecule has 220 valence electrons. The number of thioether (sulfide) groups is 1. The van der Waals surface area contributed by atoms with Crippen molar-refractivity contribution in [1.29, 1.82) is 0 Å². The van der Waals surface area contributed by atoms with Gasteiger partial charge in [-0.2, -0.15) is 8.62 Å². The molecular formula is C17H28N5O13P3S. The summed E-state index contributed by atoms with van der Waals surface area (Å²) in [5.41, 5.74) is 0.600. The van der Waals surface area contributed by atoms with Crippen LogP contribution in [0.2, 0.25) is 0 Å². The first-order chi connectivity index (χ1) is 18.2. The molecule has 2 aromatic rings. The minimum atomic E-state index is -5.72. The van der Waals surface area contributed by atoms with Crippen LogP contribution in [0.4, 0.5) is 5.82 Å². The topological polar surface area (TPSA) is 265 Å². The van der Waals surface area contributed by atoms with Gasteiger partial charge in [-0.05, 0) is 19.3 Å². The van der Waals surface area contributed by atoms with E-state index in [1.807, 2.05) is 6.08 Å². The molecule has 22 heteroatoms. The SMILES string of the molecule is C=CCCCCSc1nc(NC)c2ncn(C3O[C@H](COP(=O)(O)OP(=O)(O)OP(=O)(O)O)[C@@H](O)[C@H]3O)c2n1. The third-order valence-corrected chi connectivity index (χ3v) is 9.84. The molecule has 2 aromatic heterocycles. The Balaban J connectivity index is 1.73. The van der Waals surface area contributed by atoms with Crippen molar-refractivity contribution in [3.05, 3.63) is 19.0 Å². The molecule has 0 radical (unpaired) electrons. The molecule has 3 rings (SSSR count). The van der Waals surface area contributed by atoms with Crippen LogP contribution in [0.15, 0.2) is 24.1 Å². The third-order valence-electron chi connectivity index (χ3n) is 5.10. The average Bonchev–Trinajstić information content (AvgIpc) is 3.35. The number of rotatable bonds is 15. The highest BCUT2D eigenvalue weighted by atomic mass is 32.2. The van der Waals surface area contributed by atoms with E-state index in [2.05, 4.69) is 40.0 Å². The van der Waals surface area contributed by atoms with Crippen LogP contribution >= 0.6 is 35.2 Å². The number of aromatic nitrogens is 4. The molecule has 0 aliphatic carbocycles. The summed E-state index contributed by atoms with van der Waals surface area (Å²) in [4.78, 5) is 49.3. The van der Waals surface area contributed by atoms with Crippen LogP contribution in [0.5, 0.6) is 0 Å². The number of anilines is 1. The molecular weight excluding hydrogens is 607 g/mol. The number of aliphatic hydroxyl groups is 2. The highest BCUT2D eigenvalue weighted by Gasteiger charge is 2.47. The Kier molecular flexibility index (Phi) is 10.9. The van der Waals surface area contributed by atoms with Crippen LogP contribution in [-0.2, 0) is 31.6 Å². The fourth-order valence-corrected chi connectivity index (χ4v) is 7.31. The number of phosphoric ester groups is 1. The van der Waals surface area contributed by atoms with Gasteiger partial charge in [0.15, 0.2) is 28.4 Å². The highest BCUT2D eigenvalue weighted by molar-refractivity contribution is 7.99. The van der Waals surface area contributed by atoms with Crippen LogP contribution in [0.3, 0.4) is 0 Å². The van der Waals surface area contributed by atoms with Crippen molar-refractivity contribution in [2.45, 2.75) is 49.0 Å². The van der Waals surface area contributed by atoms with Crippen molar-refractivity contribution in [3.63, 3.8) is 0 Å². The number of aliphatic hydroxyl groups excluding tert-OH is 2. The maximum absolute atomic E-state index is 12.0. The fourth-order valence-electron chi connectivity index (χ4n) is 3.44. The van der Waals surface area contributed by atoms with E-state index >= 15 is 0 Å². The number of unbranched alkanes of at least 4 members (excludes halogenated alkanes) is 2. The highest BCUT2D eigenvalue weighted by Crippen LogP contribution is 2.66. The first-order valence-corrected chi connectivity index (χ1v) is 16.6. The van der Waals surface area contributed by atoms with Crippen molar-refractivity contribution in [2.75, 3.05) is 24.7 Å². The lowest BCUT2D eigenvalue weighted by molar-refractivity contribution is -0.0503. The molecule has 7 N–H and O–H groups in total. The van der Waals surface area contributed by atoms with Crippen LogP contribution in [-0.4, -0.2) is 87.0 Å². The second-order valence-corrected chi connectivity index (χ2v) is 13.5. The molecule has 1 aliphatic rings. The largest absolute Gasteiger partial charge is 0.490 e. The van der Waals surface area contributed by atoms with E-state index in [-0.39, 0.29) is 5.65 Å². The molecule has 0 aromatic carbocycles. The number of imidazole rings is 1. The maximum Gasteiger partial charge on any atom is 0.490 e. The van der Waals surface area contributed by atoms with Crippen LogP contribution in [0, 0.1) is 0 Å². The molecule has 0 spiro atoms. The summed E-state index contributed by atoms with van der Waals surface area (Å²) in [6.07, 6.45) is -0.146. The summed E-state index contributed by atoms with van der Waals surface area (Å²) in [5, 5.41) is 24.4. The third kappa shape index (κ3) is 8.86. The van der Waals surface area contributed by atoms with Gasteiger partial charge in [-0.3, -0.25) is 9.09 Å². The molecule has 18 nitrogen and oxygen atoms in total. The van der Waals surface area contributed by atoms with E-state index in [0.29, 0.717) is 16.5 Å². The zero-order valence-corrected chi connectivity index (χ0v) is 23.8. The predicted octanol–water partition coefficient (Wildman–Crippen LogP) is 1.28. The number of fused-ring (bicyclic) bond motifs is 1. The number of nitrogens with zero attached hydrogens (tertiary/aromatic N) is 4. The Labute approximate surface area is 225 Å². The maximum atomic E-state index is 12.0. The number of hydrogen-bond acceptors (Lipinski definition) is 14. The molecule has 3 heterocycles. The summed E-state index contributed by atoms with van der Waals surface area (Å²) < 4.78 is 53.0. The molecule has 0 saturated carbocycles. The van der Waals surface area contributed by atoms with E-state index in [4.69, 9.17) is 14.5 Å². The molecule has 1 aliphatic heterocycles. The van der Waals surface area contributed by atoms with Crippen molar-refractivity contribution in [2.24, 2.45) is 0 Å². The molecule has 1 saturated heterocycles. The van der Waals surface area contributed by atoms with Gasteiger partial charge in [0.2, 0.25) is 0 Å². The smallest absolute Gasteiger partial charge is 0.387 e. The summed E-state index contributed by atoms with van der Waals surface area (Å²) in [6.45, 7) is 2.74. The monoisotopic (exact) mass is 635 g/mol. The van der Waals surface area contributed by atoms with E-state index in [1.165, 1.54) is 22.7 Å². The number of allylic oxidation sites excluding steroid dienone is 1. The lowest BCUT2D eigenvalue weighted by Crippen LogP contribution is -2.33. The Morgan fingerprint density at radius 3 is 2.49 bits per heavy atom. The van der Waals surface area contributed by atoms with Crippen molar-refractivity contribution in [1.82, 2.24) is 19.5 Å². The Morgan fingerprint density at radius 2 is 1.85 bits per heavy atom. The van der Waals surface area contributed by atoms with E-state index in [1.54, 1.807) is 7.05 Å². The normalized spacial score (nSPS) is 24.9. The van der Waals surface area contributed by atoms with Crippen molar-refractivity contribution >= 4 is 52.2 Å². The lowest BCUT2D eigenvalue weighted by atomic mass is 10.1. The second kappa shape index (κ2) is 13.1. The quantitative estimate of drug-likeness (QED) is 0.0477. The van der Waals surface area contributed by atoms with Crippen molar-refractivity contribution in [3.8, 4) is 0 Å². The Bertz CT molecular complexity index is 1310. The van der Waals surface area contributed by atoms with Crippen LogP contribution in [0.1, 0.15) is 25.5 Å². The Morgan fingerprint density at radius 1 is 1.13 bits per heavy atom. The van der Waals surface area contributed by atoms with Gasteiger partial charge in [0, 0.05) is 12.8 Å². The molecule has 0 amide bonds. The van der Waals surface area contributed by atoms with E-state index in [9.17, 15) is 33.7 Å². The van der Waals surface area contributed by atoms with Gasteiger partial charge >= 0.3 is 23.5 Å². The van der Waals surface area contributed by atoms with Gasteiger partial charge in [0.1, 0.15) is 18.3 Å². The van der Waals surface area contributed by atoms with Gasteiger partial charge in [0.05, 0.1) is 12.9 Å². The van der Waals surface area contributed by atoms with Gasteiger partial charge < -0.3 is 39.8 Å². The summed E-state index contributed by atoms with van der Waals surface area (Å²) in [7, 11) is -15.1. The summed E-state index contributed by atoms with van der Waals surface area (Å²) in [6, 6.07) is 0. The number of hydrogen-bond donors (Lipinski definition) is 7. The average molecular weight is 635 g/mol. The first-order valence-electron chi connectivity index (χ1n) is 11.1. The number of ether oxygens (including phenoxy) is 1. The summed E-state index contributed by atoms with van der Waals surface area (Å²) in [5.74, 6) is 1.14. The fraction of sp³-hybridized carbons (Fsp3) is 0.588.